The monoisotopic (exact) mass is 396 g/mol. The Balaban J connectivity index is 2.27. The number of hydrogen-bond acceptors (Lipinski definition) is 3. The van der Waals surface area contributed by atoms with Crippen molar-refractivity contribution in [2.24, 2.45) is 0 Å². The van der Waals surface area contributed by atoms with Crippen LogP contribution in [0, 0.1) is 13.8 Å². The van der Waals surface area contributed by atoms with E-state index < -0.39 is 6.04 Å². The van der Waals surface area contributed by atoms with Crippen molar-refractivity contribution < 1.29 is 14.3 Å². The summed E-state index contributed by atoms with van der Waals surface area (Å²) in [4.78, 5) is 27.5. The predicted octanol–water partition coefficient (Wildman–Crippen LogP) is 3.80. The van der Waals surface area contributed by atoms with E-state index in [1.165, 1.54) is 5.56 Å². The summed E-state index contributed by atoms with van der Waals surface area (Å²) in [6.07, 6.45) is 0.254. The third kappa shape index (κ3) is 6.34. The Morgan fingerprint density at radius 2 is 1.72 bits per heavy atom. The van der Waals surface area contributed by atoms with Gasteiger partial charge in [-0.2, -0.15) is 0 Å². The lowest BCUT2D eigenvalue weighted by Crippen LogP contribution is -2.49. The van der Waals surface area contributed by atoms with Crippen molar-refractivity contribution in [2.45, 2.75) is 59.7 Å². The van der Waals surface area contributed by atoms with Crippen molar-refractivity contribution in [3.05, 3.63) is 64.7 Å². The summed E-state index contributed by atoms with van der Waals surface area (Å²) < 4.78 is 5.29. The highest BCUT2D eigenvalue weighted by Gasteiger charge is 2.26. The number of amides is 2. The van der Waals surface area contributed by atoms with Crippen LogP contribution in [0.3, 0.4) is 0 Å². The number of benzene rings is 2. The Kier molecular flexibility index (Phi) is 7.82. The number of ether oxygens (including phenoxy) is 1. The van der Waals surface area contributed by atoms with E-state index in [-0.39, 0.29) is 24.3 Å². The molecule has 0 heterocycles. The van der Waals surface area contributed by atoms with Gasteiger partial charge in [-0.3, -0.25) is 9.59 Å². The maximum absolute atomic E-state index is 13.2. The number of carbonyl (C=O) groups is 2. The molecule has 2 rings (SSSR count). The fourth-order valence-corrected chi connectivity index (χ4v) is 3.14. The van der Waals surface area contributed by atoms with Gasteiger partial charge in [-0.1, -0.05) is 30.3 Å². The molecule has 2 aromatic rings. The van der Waals surface area contributed by atoms with Crippen LogP contribution in [-0.2, 0) is 22.6 Å². The van der Waals surface area contributed by atoms with Gasteiger partial charge in [-0.25, -0.2) is 0 Å². The van der Waals surface area contributed by atoms with Crippen LogP contribution in [0.2, 0.25) is 0 Å². The number of methoxy groups -OCH3 is 1. The Bertz CT molecular complexity index is 861. The summed E-state index contributed by atoms with van der Waals surface area (Å²) in [7, 11) is 1.61. The zero-order valence-electron chi connectivity index (χ0n) is 18.3. The molecule has 0 fully saturated rings. The second-order valence-electron chi connectivity index (χ2n) is 7.81. The number of nitrogens with zero attached hydrogens (tertiary/aromatic N) is 1. The summed E-state index contributed by atoms with van der Waals surface area (Å²) in [5, 5.41) is 2.91. The minimum absolute atomic E-state index is 0.0125. The second kappa shape index (κ2) is 10.1. The number of hydrogen-bond donors (Lipinski definition) is 1. The van der Waals surface area contributed by atoms with Gasteiger partial charge in [0, 0.05) is 12.6 Å². The molecule has 2 amide bonds. The van der Waals surface area contributed by atoms with E-state index in [0.29, 0.717) is 6.54 Å². The maximum Gasteiger partial charge on any atom is 0.242 e. The largest absolute Gasteiger partial charge is 0.497 e. The van der Waals surface area contributed by atoms with Crippen molar-refractivity contribution in [3.63, 3.8) is 0 Å². The summed E-state index contributed by atoms with van der Waals surface area (Å²) in [5.74, 6) is 0.488. The van der Waals surface area contributed by atoms with E-state index in [1.807, 2.05) is 70.2 Å². The van der Waals surface area contributed by atoms with Crippen molar-refractivity contribution in [3.8, 4) is 5.75 Å². The number of carbonyl (C=O) groups excluding carboxylic acids is 2. The van der Waals surface area contributed by atoms with E-state index in [0.717, 1.165) is 22.4 Å². The Morgan fingerprint density at radius 3 is 2.34 bits per heavy atom. The molecule has 0 aliphatic carbocycles. The van der Waals surface area contributed by atoms with Crippen LogP contribution < -0.4 is 10.1 Å². The highest BCUT2D eigenvalue weighted by molar-refractivity contribution is 5.88. The van der Waals surface area contributed by atoms with E-state index in [9.17, 15) is 9.59 Å². The first-order valence-corrected chi connectivity index (χ1v) is 10.00. The molecule has 0 spiro atoms. The van der Waals surface area contributed by atoms with E-state index >= 15 is 0 Å². The molecule has 1 atom stereocenters. The number of nitrogens with one attached hydrogen (secondary N) is 1. The lowest BCUT2D eigenvalue weighted by molar-refractivity contribution is -0.140. The van der Waals surface area contributed by atoms with Crippen LogP contribution >= 0.6 is 0 Å². The molecule has 1 N–H and O–H groups in total. The SMILES string of the molecule is COc1cccc(CN(C(=O)Cc2ccc(C)c(C)c2)[C@@H](C)C(=O)NC(C)C)c1. The molecule has 29 heavy (non-hydrogen) atoms. The highest BCUT2D eigenvalue weighted by atomic mass is 16.5. The first-order valence-electron chi connectivity index (χ1n) is 10.00. The first kappa shape index (κ1) is 22.5. The topological polar surface area (TPSA) is 58.6 Å². The van der Waals surface area contributed by atoms with E-state index in [1.54, 1.807) is 18.9 Å². The van der Waals surface area contributed by atoms with Crippen molar-refractivity contribution >= 4 is 11.8 Å². The molecule has 0 bridgehead atoms. The molecule has 0 saturated carbocycles. The third-order valence-corrected chi connectivity index (χ3v) is 5.01. The minimum atomic E-state index is -0.581. The fourth-order valence-electron chi connectivity index (χ4n) is 3.14. The van der Waals surface area contributed by atoms with E-state index in [2.05, 4.69) is 5.32 Å². The normalized spacial score (nSPS) is 11.8. The molecule has 0 unspecified atom stereocenters. The van der Waals surface area contributed by atoms with Gasteiger partial charge in [-0.15, -0.1) is 0 Å². The van der Waals surface area contributed by atoms with E-state index in [4.69, 9.17) is 4.74 Å². The first-order chi connectivity index (χ1) is 13.7. The Morgan fingerprint density at radius 1 is 1.00 bits per heavy atom. The lowest BCUT2D eigenvalue weighted by atomic mass is 10.0. The van der Waals surface area contributed by atoms with Crippen molar-refractivity contribution in [2.75, 3.05) is 7.11 Å². The molecule has 0 saturated heterocycles. The van der Waals surface area contributed by atoms with Crippen molar-refractivity contribution in [1.82, 2.24) is 10.2 Å². The summed E-state index contributed by atoms with van der Waals surface area (Å²) >= 11 is 0. The molecule has 156 valence electrons. The molecule has 2 aromatic carbocycles. The molecule has 5 nitrogen and oxygen atoms in total. The van der Waals surface area contributed by atoms with Gasteiger partial charge in [0.05, 0.1) is 13.5 Å². The van der Waals surface area contributed by atoms with Crippen LogP contribution in [0.25, 0.3) is 0 Å². The average molecular weight is 397 g/mol. The standard InChI is InChI=1S/C24H32N2O3/c1-16(2)25-24(28)19(5)26(15-21-8-7-9-22(13-21)29-6)23(27)14-20-11-10-17(3)18(4)12-20/h7-13,16,19H,14-15H2,1-6H3,(H,25,28)/t19-/m0/s1. The van der Waals surface area contributed by atoms with Gasteiger partial charge in [0.2, 0.25) is 11.8 Å². The van der Waals surface area contributed by atoms with Gasteiger partial charge < -0.3 is 15.0 Å². The average Bonchev–Trinajstić information content (AvgIpc) is 2.68. The lowest BCUT2D eigenvalue weighted by Gasteiger charge is -2.29. The Labute approximate surface area is 174 Å². The molecule has 0 aromatic heterocycles. The van der Waals surface area contributed by atoms with Gasteiger partial charge in [0.1, 0.15) is 11.8 Å². The van der Waals surface area contributed by atoms with Crippen LogP contribution in [-0.4, -0.2) is 35.9 Å². The van der Waals surface area contributed by atoms with Gasteiger partial charge >= 0.3 is 0 Å². The summed E-state index contributed by atoms with van der Waals surface area (Å²) in [6, 6.07) is 13.0. The molecular formula is C24H32N2O3. The molecule has 5 heteroatoms. The van der Waals surface area contributed by atoms with Gasteiger partial charge in [0.15, 0.2) is 0 Å². The predicted molar refractivity (Wildman–Crippen MR) is 116 cm³/mol. The Hall–Kier alpha value is -2.82. The molecule has 0 aliphatic heterocycles. The van der Waals surface area contributed by atoms with Crippen LogP contribution in [0.4, 0.5) is 0 Å². The molecule has 0 aliphatic rings. The summed E-state index contributed by atoms with van der Waals surface area (Å²) in [5.41, 5.74) is 4.21. The molecule has 0 radical (unpaired) electrons. The third-order valence-electron chi connectivity index (χ3n) is 5.01. The van der Waals surface area contributed by atoms with Gasteiger partial charge in [0.25, 0.3) is 0 Å². The van der Waals surface area contributed by atoms with Crippen LogP contribution in [0.1, 0.15) is 43.0 Å². The number of rotatable bonds is 8. The fraction of sp³-hybridized carbons (Fsp3) is 0.417. The quantitative estimate of drug-likeness (QED) is 0.738. The zero-order valence-corrected chi connectivity index (χ0v) is 18.3. The smallest absolute Gasteiger partial charge is 0.242 e. The molecular weight excluding hydrogens is 364 g/mol. The minimum Gasteiger partial charge on any atom is -0.497 e. The van der Waals surface area contributed by atoms with Crippen LogP contribution in [0.15, 0.2) is 42.5 Å². The maximum atomic E-state index is 13.2. The number of aryl methyl sites for hydroxylation is 2. The zero-order chi connectivity index (χ0) is 21.6. The second-order valence-corrected chi connectivity index (χ2v) is 7.81. The van der Waals surface area contributed by atoms with Crippen LogP contribution in [0.5, 0.6) is 5.75 Å². The van der Waals surface area contributed by atoms with Crippen molar-refractivity contribution in [1.29, 1.82) is 0 Å². The van der Waals surface area contributed by atoms with Gasteiger partial charge in [-0.05, 0) is 69.0 Å². The highest BCUT2D eigenvalue weighted by Crippen LogP contribution is 2.18. The summed E-state index contributed by atoms with van der Waals surface area (Å²) in [6.45, 7) is 10.0.